The number of carbonyl (C=O) groups is 1. The van der Waals surface area contributed by atoms with E-state index >= 15 is 0 Å². The van der Waals surface area contributed by atoms with Crippen molar-refractivity contribution in [1.82, 2.24) is 5.32 Å². The molecule has 0 spiro atoms. The molecule has 1 saturated heterocycles. The van der Waals surface area contributed by atoms with Crippen LogP contribution in [0.1, 0.15) is 0 Å². The summed E-state index contributed by atoms with van der Waals surface area (Å²) in [4.78, 5) is 11.6. The first-order valence-corrected chi connectivity index (χ1v) is 5.38. The molecular weight excluding hydrogens is 235 g/mol. The molecule has 1 fully saturated rings. The van der Waals surface area contributed by atoms with Crippen molar-refractivity contribution in [3.05, 3.63) is 28.2 Å². The Kier molecular flexibility index (Phi) is 3.14. The highest BCUT2D eigenvalue weighted by atomic mass is 35.5. The van der Waals surface area contributed by atoms with Crippen LogP contribution >= 0.6 is 23.2 Å². The van der Waals surface area contributed by atoms with Gasteiger partial charge >= 0.3 is 0 Å². The molecule has 0 atom stereocenters. The Morgan fingerprint density at radius 3 is 2.33 bits per heavy atom. The largest absolute Gasteiger partial charge is 0.326 e. The van der Waals surface area contributed by atoms with E-state index in [-0.39, 0.29) is 11.8 Å². The first kappa shape index (κ1) is 10.7. The van der Waals surface area contributed by atoms with Gasteiger partial charge in [-0.2, -0.15) is 0 Å². The van der Waals surface area contributed by atoms with E-state index in [9.17, 15) is 4.79 Å². The number of rotatable bonds is 2. The molecule has 2 N–H and O–H groups in total. The molecule has 0 radical (unpaired) electrons. The third kappa shape index (κ3) is 2.62. The van der Waals surface area contributed by atoms with Crippen LogP contribution in [0.5, 0.6) is 0 Å². The minimum atomic E-state index is 0.00656. The Balaban J connectivity index is 2.06. The lowest BCUT2D eigenvalue weighted by molar-refractivity contribution is -0.121. The second kappa shape index (κ2) is 4.39. The smallest absolute Gasteiger partial charge is 0.230 e. The van der Waals surface area contributed by atoms with Crippen molar-refractivity contribution in [2.45, 2.75) is 0 Å². The maximum atomic E-state index is 11.6. The molecule has 0 bridgehead atoms. The SMILES string of the molecule is O=C(Nc1cc(Cl)cc(Cl)c1)C1CNC1. The maximum absolute atomic E-state index is 11.6. The molecule has 0 saturated carbocycles. The fourth-order valence-electron chi connectivity index (χ4n) is 1.34. The number of halogens is 2. The van der Waals surface area contributed by atoms with E-state index in [0.29, 0.717) is 15.7 Å². The second-order valence-corrected chi connectivity index (χ2v) is 4.38. The molecule has 1 aliphatic rings. The second-order valence-electron chi connectivity index (χ2n) is 3.50. The van der Waals surface area contributed by atoms with Crippen LogP contribution in [0.4, 0.5) is 5.69 Å². The van der Waals surface area contributed by atoms with Crippen LogP contribution in [-0.2, 0) is 4.79 Å². The number of benzene rings is 1. The Hall–Kier alpha value is -0.770. The molecule has 3 nitrogen and oxygen atoms in total. The molecule has 1 heterocycles. The Morgan fingerprint density at radius 1 is 1.27 bits per heavy atom. The standard InChI is InChI=1S/C10H10Cl2N2O/c11-7-1-8(12)3-9(2-7)14-10(15)6-4-13-5-6/h1-3,6,13H,4-5H2,(H,14,15). The number of nitrogens with one attached hydrogen (secondary N) is 2. The quantitative estimate of drug-likeness (QED) is 0.838. The van der Waals surface area contributed by atoms with Gasteiger partial charge in [-0.15, -0.1) is 0 Å². The molecule has 1 aliphatic heterocycles. The van der Waals surface area contributed by atoms with Crippen molar-refractivity contribution >= 4 is 34.8 Å². The average Bonchev–Trinajstić information content (AvgIpc) is 1.96. The van der Waals surface area contributed by atoms with E-state index in [0.717, 1.165) is 13.1 Å². The molecular formula is C10H10Cl2N2O. The minimum Gasteiger partial charge on any atom is -0.326 e. The average molecular weight is 245 g/mol. The summed E-state index contributed by atoms with van der Waals surface area (Å²) in [5.74, 6) is 0.0647. The van der Waals surface area contributed by atoms with E-state index in [2.05, 4.69) is 10.6 Å². The highest BCUT2D eigenvalue weighted by Gasteiger charge is 2.24. The lowest BCUT2D eigenvalue weighted by atomic mass is 10.0. The maximum Gasteiger partial charge on any atom is 0.230 e. The van der Waals surface area contributed by atoms with Gasteiger partial charge in [0.05, 0.1) is 5.92 Å². The van der Waals surface area contributed by atoms with Gasteiger partial charge in [0.1, 0.15) is 0 Å². The molecule has 15 heavy (non-hydrogen) atoms. The van der Waals surface area contributed by atoms with E-state index in [1.807, 2.05) is 0 Å². The van der Waals surface area contributed by atoms with Crippen molar-refractivity contribution < 1.29 is 4.79 Å². The summed E-state index contributed by atoms with van der Waals surface area (Å²) in [5.41, 5.74) is 0.643. The van der Waals surface area contributed by atoms with Crippen LogP contribution in [0.2, 0.25) is 10.0 Å². The molecule has 5 heteroatoms. The van der Waals surface area contributed by atoms with Gasteiger partial charge in [0.2, 0.25) is 5.91 Å². The summed E-state index contributed by atoms with van der Waals surface area (Å²) < 4.78 is 0. The summed E-state index contributed by atoms with van der Waals surface area (Å²) >= 11 is 11.6. The number of hydrogen-bond donors (Lipinski definition) is 2. The highest BCUT2D eigenvalue weighted by molar-refractivity contribution is 6.35. The third-order valence-electron chi connectivity index (χ3n) is 2.28. The van der Waals surface area contributed by atoms with E-state index < -0.39 is 0 Å². The van der Waals surface area contributed by atoms with Crippen molar-refractivity contribution in [2.24, 2.45) is 5.92 Å². The number of hydrogen-bond acceptors (Lipinski definition) is 2. The third-order valence-corrected chi connectivity index (χ3v) is 2.72. The summed E-state index contributed by atoms with van der Waals surface area (Å²) in [7, 11) is 0. The lowest BCUT2D eigenvalue weighted by Crippen LogP contribution is -2.48. The zero-order chi connectivity index (χ0) is 10.8. The van der Waals surface area contributed by atoms with Gasteiger partial charge in [0, 0.05) is 28.8 Å². The van der Waals surface area contributed by atoms with Gasteiger partial charge in [-0.1, -0.05) is 23.2 Å². The topological polar surface area (TPSA) is 41.1 Å². The first-order valence-electron chi connectivity index (χ1n) is 4.63. The van der Waals surface area contributed by atoms with Gasteiger partial charge in [-0.05, 0) is 18.2 Å². The number of amides is 1. The van der Waals surface area contributed by atoms with Gasteiger partial charge < -0.3 is 10.6 Å². The van der Waals surface area contributed by atoms with Crippen LogP contribution in [0.15, 0.2) is 18.2 Å². The molecule has 0 aromatic heterocycles. The van der Waals surface area contributed by atoms with Crippen molar-refractivity contribution in [1.29, 1.82) is 0 Å². The molecule has 1 amide bonds. The fourth-order valence-corrected chi connectivity index (χ4v) is 1.87. The van der Waals surface area contributed by atoms with Gasteiger partial charge in [-0.3, -0.25) is 4.79 Å². The summed E-state index contributed by atoms with van der Waals surface area (Å²) in [5, 5.41) is 6.85. The summed E-state index contributed by atoms with van der Waals surface area (Å²) in [6, 6.07) is 4.98. The monoisotopic (exact) mass is 244 g/mol. The molecule has 0 aliphatic carbocycles. The van der Waals surface area contributed by atoms with Crippen LogP contribution in [0.25, 0.3) is 0 Å². The van der Waals surface area contributed by atoms with Crippen LogP contribution < -0.4 is 10.6 Å². The Labute approximate surface area is 97.8 Å². The molecule has 1 aromatic carbocycles. The molecule has 2 rings (SSSR count). The van der Waals surface area contributed by atoms with Crippen molar-refractivity contribution in [2.75, 3.05) is 18.4 Å². The Bertz CT molecular complexity index is 371. The summed E-state index contributed by atoms with van der Waals surface area (Å²) in [6.45, 7) is 1.47. The van der Waals surface area contributed by atoms with Crippen molar-refractivity contribution in [3.8, 4) is 0 Å². The van der Waals surface area contributed by atoms with E-state index in [1.165, 1.54) is 0 Å². The van der Waals surface area contributed by atoms with Crippen molar-refractivity contribution in [3.63, 3.8) is 0 Å². The lowest BCUT2D eigenvalue weighted by Gasteiger charge is -2.25. The highest BCUT2D eigenvalue weighted by Crippen LogP contribution is 2.23. The zero-order valence-corrected chi connectivity index (χ0v) is 9.40. The predicted octanol–water partition coefficient (Wildman–Crippen LogP) is 2.15. The van der Waals surface area contributed by atoms with Gasteiger partial charge in [0.25, 0.3) is 0 Å². The summed E-state index contributed by atoms with van der Waals surface area (Å²) in [6.07, 6.45) is 0. The van der Waals surface area contributed by atoms with E-state index in [4.69, 9.17) is 23.2 Å². The Morgan fingerprint density at radius 2 is 1.87 bits per heavy atom. The van der Waals surface area contributed by atoms with Gasteiger partial charge in [0.15, 0.2) is 0 Å². The van der Waals surface area contributed by atoms with Crippen LogP contribution in [0.3, 0.4) is 0 Å². The predicted molar refractivity (Wildman–Crippen MR) is 61.5 cm³/mol. The van der Waals surface area contributed by atoms with Crippen LogP contribution in [-0.4, -0.2) is 19.0 Å². The molecule has 80 valence electrons. The minimum absolute atomic E-state index is 0.00656. The van der Waals surface area contributed by atoms with E-state index in [1.54, 1.807) is 18.2 Å². The normalized spacial score (nSPS) is 15.9. The fraction of sp³-hybridized carbons (Fsp3) is 0.300. The number of anilines is 1. The molecule has 1 aromatic rings. The first-order chi connectivity index (χ1) is 7.15. The number of carbonyl (C=O) groups excluding carboxylic acids is 1. The van der Waals surface area contributed by atoms with Gasteiger partial charge in [-0.25, -0.2) is 0 Å². The molecule has 0 unspecified atom stereocenters. The van der Waals surface area contributed by atoms with Crippen LogP contribution in [0, 0.1) is 5.92 Å². The zero-order valence-electron chi connectivity index (χ0n) is 7.89.